The Morgan fingerprint density at radius 1 is 1.57 bits per heavy atom. The Morgan fingerprint density at radius 2 is 2.43 bits per heavy atom. The molecule has 5 nitrogen and oxygen atoms in total. The van der Waals surface area contributed by atoms with Gasteiger partial charge in [0.1, 0.15) is 6.33 Å². The van der Waals surface area contributed by atoms with Crippen LogP contribution in [0.15, 0.2) is 24.7 Å². The van der Waals surface area contributed by atoms with Crippen molar-refractivity contribution in [2.75, 3.05) is 6.54 Å². The molecule has 0 fully saturated rings. The molecular formula is C9H12N4O. The minimum Gasteiger partial charge on any atom is -0.388 e. The predicted molar refractivity (Wildman–Crippen MR) is 51.6 cm³/mol. The van der Waals surface area contributed by atoms with Crippen LogP contribution in [0.1, 0.15) is 18.1 Å². The van der Waals surface area contributed by atoms with Crippen molar-refractivity contribution in [3.8, 4) is 0 Å². The van der Waals surface area contributed by atoms with Crippen LogP contribution in [0.2, 0.25) is 0 Å². The van der Waals surface area contributed by atoms with Crippen LogP contribution < -0.4 is 5.73 Å². The van der Waals surface area contributed by atoms with Crippen LogP contribution in [0.25, 0.3) is 5.65 Å². The van der Waals surface area contributed by atoms with E-state index in [0.717, 1.165) is 11.2 Å². The number of aromatic nitrogens is 3. The third kappa shape index (κ3) is 1.59. The fourth-order valence-corrected chi connectivity index (χ4v) is 1.36. The molecule has 2 aromatic rings. The molecule has 74 valence electrons. The molecule has 1 atom stereocenters. The first kappa shape index (κ1) is 9.11. The Balaban J connectivity index is 2.33. The number of fused-ring (bicyclic) bond motifs is 1. The second-order valence-corrected chi connectivity index (χ2v) is 3.12. The topological polar surface area (TPSA) is 76.4 Å². The van der Waals surface area contributed by atoms with E-state index < -0.39 is 6.10 Å². The summed E-state index contributed by atoms with van der Waals surface area (Å²) < 4.78 is 1.65. The molecule has 0 amide bonds. The summed E-state index contributed by atoms with van der Waals surface area (Å²) in [7, 11) is 0. The van der Waals surface area contributed by atoms with Crippen molar-refractivity contribution in [1.29, 1.82) is 0 Å². The molecule has 0 aliphatic heterocycles. The zero-order valence-corrected chi connectivity index (χ0v) is 7.67. The van der Waals surface area contributed by atoms with Gasteiger partial charge in [0.2, 0.25) is 0 Å². The van der Waals surface area contributed by atoms with Crippen LogP contribution in [0.3, 0.4) is 0 Å². The van der Waals surface area contributed by atoms with E-state index in [4.69, 9.17) is 5.73 Å². The molecule has 3 N–H and O–H groups in total. The highest BCUT2D eigenvalue weighted by Crippen LogP contribution is 2.16. The van der Waals surface area contributed by atoms with Gasteiger partial charge in [0.15, 0.2) is 5.65 Å². The number of pyridine rings is 1. The summed E-state index contributed by atoms with van der Waals surface area (Å²) in [6.07, 6.45) is 3.30. The molecule has 5 heteroatoms. The molecule has 0 aliphatic carbocycles. The number of nitrogens with two attached hydrogens (primary N) is 1. The highest BCUT2D eigenvalue weighted by molar-refractivity contribution is 5.40. The van der Waals surface area contributed by atoms with Crippen molar-refractivity contribution in [2.24, 2.45) is 5.73 Å². The minimum absolute atomic E-state index is 0.471. The molecule has 0 radical (unpaired) electrons. The first-order valence-corrected chi connectivity index (χ1v) is 4.48. The molecule has 2 heterocycles. The summed E-state index contributed by atoms with van der Waals surface area (Å²) in [5.74, 6) is 0. The molecule has 2 aromatic heterocycles. The largest absolute Gasteiger partial charge is 0.388 e. The van der Waals surface area contributed by atoms with Crippen molar-refractivity contribution in [3.63, 3.8) is 0 Å². The van der Waals surface area contributed by atoms with Crippen molar-refractivity contribution in [3.05, 3.63) is 30.2 Å². The van der Waals surface area contributed by atoms with E-state index in [1.54, 1.807) is 10.7 Å². The minimum atomic E-state index is -0.512. The van der Waals surface area contributed by atoms with Crippen LogP contribution in [-0.4, -0.2) is 26.2 Å². The van der Waals surface area contributed by atoms with Crippen LogP contribution in [0, 0.1) is 0 Å². The number of aliphatic hydroxyl groups is 1. The summed E-state index contributed by atoms with van der Waals surface area (Å²) in [5.41, 5.74) is 6.93. The smallest absolute Gasteiger partial charge is 0.155 e. The fraction of sp³-hybridized carbons (Fsp3) is 0.333. The first-order valence-electron chi connectivity index (χ1n) is 4.48. The number of hydrogen-bond acceptors (Lipinski definition) is 4. The normalized spacial score (nSPS) is 13.3. The zero-order chi connectivity index (χ0) is 9.97. The summed E-state index contributed by atoms with van der Waals surface area (Å²) in [6.45, 7) is 0.471. The standard InChI is InChI=1S/C9H12N4O/c10-3-1-8(14)7-2-4-13-9(5-7)11-6-12-13/h2,4-6,8,14H,1,3,10H2. The second-order valence-electron chi connectivity index (χ2n) is 3.12. The van der Waals surface area contributed by atoms with Crippen LogP contribution in [0.4, 0.5) is 0 Å². The Labute approximate surface area is 81.2 Å². The summed E-state index contributed by atoms with van der Waals surface area (Å²) in [5, 5.41) is 13.6. The maximum atomic E-state index is 9.68. The van der Waals surface area contributed by atoms with Crippen LogP contribution >= 0.6 is 0 Å². The lowest BCUT2D eigenvalue weighted by Crippen LogP contribution is -2.07. The Bertz CT molecular complexity index is 425. The van der Waals surface area contributed by atoms with Gasteiger partial charge in [-0.15, -0.1) is 0 Å². The van der Waals surface area contributed by atoms with Gasteiger partial charge in [-0.1, -0.05) is 0 Å². The Kier molecular flexibility index (Phi) is 2.43. The lowest BCUT2D eigenvalue weighted by Gasteiger charge is -2.08. The third-order valence-electron chi connectivity index (χ3n) is 2.13. The lowest BCUT2D eigenvalue weighted by atomic mass is 10.1. The molecule has 0 aliphatic rings. The van der Waals surface area contributed by atoms with Gasteiger partial charge in [-0.05, 0) is 30.7 Å². The maximum absolute atomic E-state index is 9.68. The van der Waals surface area contributed by atoms with E-state index >= 15 is 0 Å². The summed E-state index contributed by atoms with van der Waals surface area (Å²) >= 11 is 0. The first-order chi connectivity index (χ1) is 6.81. The molecule has 0 saturated carbocycles. The number of rotatable bonds is 3. The van der Waals surface area contributed by atoms with E-state index in [9.17, 15) is 5.11 Å². The van der Waals surface area contributed by atoms with Gasteiger partial charge in [0, 0.05) is 6.20 Å². The molecule has 0 bridgehead atoms. The molecule has 2 rings (SSSR count). The number of aliphatic hydroxyl groups excluding tert-OH is 1. The van der Waals surface area contributed by atoms with Gasteiger partial charge in [0.25, 0.3) is 0 Å². The lowest BCUT2D eigenvalue weighted by molar-refractivity contribution is 0.170. The second kappa shape index (κ2) is 3.73. The van der Waals surface area contributed by atoms with E-state index in [1.165, 1.54) is 6.33 Å². The summed E-state index contributed by atoms with van der Waals surface area (Å²) in [6, 6.07) is 3.63. The molecule has 14 heavy (non-hydrogen) atoms. The van der Waals surface area contributed by atoms with Gasteiger partial charge in [-0.25, -0.2) is 9.50 Å². The number of nitrogens with zero attached hydrogens (tertiary/aromatic N) is 3. The molecule has 0 spiro atoms. The quantitative estimate of drug-likeness (QED) is 0.723. The Hall–Kier alpha value is -1.46. The molecule has 0 aromatic carbocycles. The molecule has 0 saturated heterocycles. The molecular weight excluding hydrogens is 180 g/mol. The van der Waals surface area contributed by atoms with E-state index in [0.29, 0.717) is 13.0 Å². The zero-order valence-electron chi connectivity index (χ0n) is 7.67. The van der Waals surface area contributed by atoms with E-state index in [-0.39, 0.29) is 0 Å². The van der Waals surface area contributed by atoms with Gasteiger partial charge < -0.3 is 10.8 Å². The van der Waals surface area contributed by atoms with Gasteiger partial charge in [-0.3, -0.25) is 0 Å². The molecule has 1 unspecified atom stereocenters. The van der Waals surface area contributed by atoms with Gasteiger partial charge in [-0.2, -0.15) is 5.10 Å². The Morgan fingerprint density at radius 3 is 3.21 bits per heavy atom. The summed E-state index contributed by atoms with van der Waals surface area (Å²) in [4.78, 5) is 4.03. The predicted octanol–water partition coefficient (Wildman–Crippen LogP) is 0.111. The monoisotopic (exact) mass is 192 g/mol. The maximum Gasteiger partial charge on any atom is 0.155 e. The van der Waals surface area contributed by atoms with Crippen molar-refractivity contribution in [2.45, 2.75) is 12.5 Å². The average molecular weight is 192 g/mol. The third-order valence-corrected chi connectivity index (χ3v) is 2.13. The van der Waals surface area contributed by atoms with E-state index in [1.807, 2.05) is 12.1 Å². The highest BCUT2D eigenvalue weighted by atomic mass is 16.3. The van der Waals surface area contributed by atoms with Crippen LogP contribution in [0.5, 0.6) is 0 Å². The fourth-order valence-electron chi connectivity index (χ4n) is 1.36. The van der Waals surface area contributed by atoms with Crippen LogP contribution in [-0.2, 0) is 0 Å². The van der Waals surface area contributed by atoms with Crippen molar-refractivity contribution < 1.29 is 5.11 Å². The van der Waals surface area contributed by atoms with Crippen molar-refractivity contribution >= 4 is 5.65 Å². The number of hydrogen-bond donors (Lipinski definition) is 2. The SMILES string of the molecule is NCCC(O)c1ccn2ncnc2c1. The van der Waals surface area contributed by atoms with E-state index in [2.05, 4.69) is 10.1 Å². The highest BCUT2D eigenvalue weighted by Gasteiger charge is 2.07. The van der Waals surface area contributed by atoms with Gasteiger partial charge >= 0.3 is 0 Å². The van der Waals surface area contributed by atoms with Gasteiger partial charge in [0.05, 0.1) is 6.10 Å². The van der Waals surface area contributed by atoms with Crippen molar-refractivity contribution in [1.82, 2.24) is 14.6 Å². The average Bonchev–Trinajstić information content (AvgIpc) is 2.64.